The summed E-state index contributed by atoms with van der Waals surface area (Å²) in [5.74, 6) is -1.14. The molecule has 1 aliphatic heterocycles. The molecule has 1 saturated heterocycles. The van der Waals surface area contributed by atoms with Gasteiger partial charge in [0, 0.05) is 20.8 Å². The van der Waals surface area contributed by atoms with Gasteiger partial charge in [0.25, 0.3) is 0 Å². The van der Waals surface area contributed by atoms with Gasteiger partial charge in [-0.3, -0.25) is 4.79 Å². The highest BCUT2D eigenvalue weighted by molar-refractivity contribution is 9.10. The number of aliphatic carboxylic acids is 1. The number of halogens is 1. The first-order chi connectivity index (χ1) is 9.08. The van der Waals surface area contributed by atoms with Gasteiger partial charge in [0.15, 0.2) is 6.10 Å². The van der Waals surface area contributed by atoms with Crippen LogP contribution < -0.4 is 0 Å². The summed E-state index contributed by atoms with van der Waals surface area (Å²) in [6, 6.07) is 1.52. The predicted molar refractivity (Wildman–Crippen MR) is 72.0 cm³/mol. The highest BCUT2D eigenvalue weighted by Crippen LogP contribution is 2.41. The number of amides is 1. The Bertz CT molecular complexity index is 528. The van der Waals surface area contributed by atoms with Gasteiger partial charge in [-0.2, -0.15) is 0 Å². The summed E-state index contributed by atoms with van der Waals surface area (Å²) in [6.07, 6.45) is 0.909. The van der Waals surface area contributed by atoms with Crippen molar-refractivity contribution in [3.63, 3.8) is 0 Å². The van der Waals surface area contributed by atoms with Crippen LogP contribution in [0.3, 0.4) is 0 Å². The first-order valence-corrected chi connectivity index (χ1v) is 7.64. The Morgan fingerprint density at radius 2 is 2.26 bits per heavy atom. The highest BCUT2D eigenvalue weighted by atomic mass is 79.9. The Balaban J connectivity index is 1.99. The molecule has 5 nitrogen and oxygen atoms in total. The number of thiophene rings is 1. The third-order valence-electron chi connectivity index (χ3n) is 3.32. The van der Waals surface area contributed by atoms with Crippen LogP contribution in [-0.2, 0) is 14.3 Å². The van der Waals surface area contributed by atoms with Crippen molar-refractivity contribution in [2.75, 3.05) is 6.61 Å². The number of carbonyl (C=O) groups is 2. The van der Waals surface area contributed by atoms with Crippen LogP contribution in [0.25, 0.3) is 0 Å². The molecule has 1 aromatic rings. The van der Waals surface area contributed by atoms with Gasteiger partial charge in [-0.15, -0.1) is 11.3 Å². The van der Waals surface area contributed by atoms with Crippen molar-refractivity contribution < 1.29 is 19.4 Å². The summed E-state index contributed by atoms with van der Waals surface area (Å²) in [5.41, 5.74) is 0. The molecule has 2 heterocycles. The van der Waals surface area contributed by atoms with Crippen molar-refractivity contribution in [1.82, 2.24) is 4.90 Å². The number of ether oxygens (including phenoxy) is 1. The average molecular weight is 346 g/mol. The van der Waals surface area contributed by atoms with Gasteiger partial charge >= 0.3 is 5.97 Å². The van der Waals surface area contributed by atoms with Gasteiger partial charge in [0.05, 0.1) is 0 Å². The van der Waals surface area contributed by atoms with Crippen LogP contribution in [0, 0.1) is 0 Å². The van der Waals surface area contributed by atoms with E-state index in [4.69, 9.17) is 4.74 Å². The second-order valence-corrected chi connectivity index (χ2v) is 6.57. The fourth-order valence-corrected chi connectivity index (χ4v) is 3.95. The van der Waals surface area contributed by atoms with Crippen LogP contribution in [-0.4, -0.2) is 40.6 Å². The molecule has 2 aliphatic rings. The van der Waals surface area contributed by atoms with Crippen LogP contribution in [0.1, 0.15) is 23.8 Å². The number of morpholine rings is 1. The lowest BCUT2D eigenvalue weighted by molar-refractivity contribution is -0.173. The molecule has 1 aromatic heterocycles. The molecule has 1 aliphatic carbocycles. The van der Waals surface area contributed by atoms with Crippen molar-refractivity contribution in [3.8, 4) is 0 Å². The van der Waals surface area contributed by atoms with Crippen LogP contribution in [0.5, 0.6) is 0 Å². The second kappa shape index (κ2) is 4.88. The van der Waals surface area contributed by atoms with E-state index in [1.807, 2.05) is 11.4 Å². The number of hydrogen-bond acceptors (Lipinski definition) is 4. The fraction of sp³-hybridized carbons (Fsp3) is 0.500. The predicted octanol–water partition coefficient (Wildman–Crippen LogP) is 2.03. The number of rotatable bonds is 3. The first-order valence-electron chi connectivity index (χ1n) is 5.97. The second-order valence-electron chi connectivity index (χ2n) is 4.71. The number of carbonyl (C=O) groups excluding carboxylic acids is 1. The minimum atomic E-state index is -1.02. The van der Waals surface area contributed by atoms with E-state index >= 15 is 0 Å². The quantitative estimate of drug-likeness (QED) is 0.910. The van der Waals surface area contributed by atoms with Crippen molar-refractivity contribution >= 4 is 39.1 Å². The lowest BCUT2D eigenvalue weighted by atomic mass is 10.0. The monoisotopic (exact) mass is 345 g/mol. The molecule has 2 unspecified atom stereocenters. The van der Waals surface area contributed by atoms with Gasteiger partial charge in [0.1, 0.15) is 12.6 Å². The zero-order valence-electron chi connectivity index (χ0n) is 9.91. The fourth-order valence-electron chi connectivity index (χ4n) is 2.39. The molecule has 2 fully saturated rings. The molecule has 0 aromatic carbocycles. The molecule has 0 spiro atoms. The Hall–Kier alpha value is -0.920. The zero-order valence-corrected chi connectivity index (χ0v) is 12.3. The number of hydrogen-bond donors (Lipinski definition) is 1. The maximum Gasteiger partial charge on any atom is 0.335 e. The molecular weight excluding hydrogens is 334 g/mol. The van der Waals surface area contributed by atoms with E-state index in [0.717, 1.165) is 22.2 Å². The summed E-state index contributed by atoms with van der Waals surface area (Å²) in [5, 5.41) is 11.2. The zero-order chi connectivity index (χ0) is 13.6. The van der Waals surface area contributed by atoms with Crippen molar-refractivity contribution in [3.05, 3.63) is 20.8 Å². The standard InChI is InChI=1S/C12H12BrNO4S/c13-6-3-8(19-5-6)10-11(12(16)17)18-4-9(15)14(10)7-1-2-7/h3,5,7,10-11H,1-2,4H2,(H,16,17). The van der Waals surface area contributed by atoms with Crippen LogP contribution in [0.15, 0.2) is 15.9 Å². The molecular formula is C12H12BrNO4S. The molecule has 7 heteroatoms. The third kappa shape index (κ3) is 2.42. The summed E-state index contributed by atoms with van der Waals surface area (Å²) < 4.78 is 6.13. The molecule has 19 heavy (non-hydrogen) atoms. The SMILES string of the molecule is O=C(O)C1OCC(=O)N(C2CC2)C1c1cc(Br)cs1. The normalized spacial score (nSPS) is 27.6. The highest BCUT2D eigenvalue weighted by Gasteiger charge is 2.48. The van der Waals surface area contributed by atoms with Gasteiger partial charge in [-0.05, 0) is 34.8 Å². The minimum Gasteiger partial charge on any atom is -0.479 e. The van der Waals surface area contributed by atoms with Gasteiger partial charge in [-0.25, -0.2) is 4.79 Å². The maximum atomic E-state index is 12.0. The van der Waals surface area contributed by atoms with E-state index in [0.29, 0.717) is 0 Å². The van der Waals surface area contributed by atoms with E-state index in [2.05, 4.69) is 15.9 Å². The van der Waals surface area contributed by atoms with Crippen molar-refractivity contribution in [2.45, 2.75) is 31.0 Å². The Morgan fingerprint density at radius 1 is 1.53 bits per heavy atom. The molecule has 102 valence electrons. The van der Waals surface area contributed by atoms with E-state index in [1.54, 1.807) is 4.90 Å². The Morgan fingerprint density at radius 3 is 2.79 bits per heavy atom. The molecule has 0 bridgehead atoms. The molecule has 1 saturated carbocycles. The minimum absolute atomic E-state index is 0.116. The molecule has 1 N–H and O–H groups in total. The summed E-state index contributed by atoms with van der Waals surface area (Å²) in [6.45, 7) is -0.142. The number of carboxylic acids is 1. The van der Waals surface area contributed by atoms with E-state index in [1.165, 1.54) is 11.3 Å². The average Bonchev–Trinajstić information content (AvgIpc) is 3.10. The topological polar surface area (TPSA) is 66.8 Å². The smallest absolute Gasteiger partial charge is 0.335 e. The lowest BCUT2D eigenvalue weighted by Gasteiger charge is -2.39. The van der Waals surface area contributed by atoms with Crippen LogP contribution in [0.4, 0.5) is 0 Å². The van der Waals surface area contributed by atoms with Crippen LogP contribution >= 0.6 is 27.3 Å². The van der Waals surface area contributed by atoms with Crippen molar-refractivity contribution in [2.24, 2.45) is 0 Å². The van der Waals surface area contributed by atoms with E-state index < -0.39 is 18.1 Å². The largest absolute Gasteiger partial charge is 0.479 e. The lowest BCUT2D eigenvalue weighted by Crippen LogP contribution is -2.52. The molecule has 0 radical (unpaired) electrons. The molecule has 2 atom stereocenters. The third-order valence-corrected chi connectivity index (χ3v) is 5.09. The van der Waals surface area contributed by atoms with Crippen LogP contribution in [0.2, 0.25) is 0 Å². The number of nitrogens with zero attached hydrogens (tertiary/aromatic N) is 1. The maximum absolute atomic E-state index is 12.0. The number of carboxylic acid groups (broad SMARTS) is 1. The van der Waals surface area contributed by atoms with Crippen molar-refractivity contribution in [1.29, 1.82) is 0 Å². The summed E-state index contributed by atoms with van der Waals surface area (Å²) >= 11 is 4.81. The first kappa shape index (κ1) is 13.1. The molecule has 3 rings (SSSR count). The van der Waals surface area contributed by atoms with E-state index in [-0.39, 0.29) is 18.6 Å². The summed E-state index contributed by atoms with van der Waals surface area (Å²) in [7, 11) is 0. The van der Waals surface area contributed by atoms with Gasteiger partial charge in [0.2, 0.25) is 5.91 Å². The van der Waals surface area contributed by atoms with E-state index in [9.17, 15) is 14.7 Å². The van der Waals surface area contributed by atoms with Gasteiger partial charge in [-0.1, -0.05) is 0 Å². The molecule has 1 amide bonds. The van der Waals surface area contributed by atoms with Gasteiger partial charge < -0.3 is 14.7 Å². The summed E-state index contributed by atoms with van der Waals surface area (Å²) in [4.78, 5) is 26.0. The Labute approximate surface area is 122 Å². The Kier molecular flexibility index (Phi) is 3.36.